The van der Waals surface area contributed by atoms with Gasteiger partial charge in [0.1, 0.15) is 5.75 Å². The van der Waals surface area contributed by atoms with Gasteiger partial charge in [-0.1, -0.05) is 39.0 Å². The summed E-state index contributed by atoms with van der Waals surface area (Å²) >= 11 is 0. The number of aliphatic hydroxyl groups excluding tert-OH is 1. The van der Waals surface area contributed by atoms with E-state index in [-0.39, 0.29) is 18.0 Å². The highest BCUT2D eigenvalue weighted by molar-refractivity contribution is 5.72. The van der Waals surface area contributed by atoms with Crippen LogP contribution in [0.25, 0.3) is 0 Å². The number of carbonyl (C=O) groups excluding carboxylic acids is 1. The fourth-order valence-corrected chi connectivity index (χ4v) is 1.73. The summed E-state index contributed by atoms with van der Waals surface area (Å²) in [6.45, 7) is 6.38. The Bertz CT molecular complexity index is 391. The van der Waals surface area contributed by atoms with E-state index in [0.29, 0.717) is 25.0 Å². The van der Waals surface area contributed by atoms with Gasteiger partial charge in [-0.05, 0) is 24.3 Å². The minimum absolute atomic E-state index is 0.0536. The van der Waals surface area contributed by atoms with Gasteiger partial charge >= 0.3 is 5.97 Å². The van der Waals surface area contributed by atoms with Crippen LogP contribution in [0.4, 0.5) is 0 Å². The maximum atomic E-state index is 11.7. The van der Waals surface area contributed by atoms with Gasteiger partial charge in [-0.15, -0.1) is 0 Å². The van der Waals surface area contributed by atoms with Crippen molar-refractivity contribution in [1.29, 1.82) is 0 Å². The zero-order valence-electron chi connectivity index (χ0n) is 11.4. The number of carbonyl (C=O) groups is 1. The second-order valence-corrected chi connectivity index (χ2v) is 5.40. The lowest BCUT2D eigenvalue weighted by atomic mass is 9.86. The highest BCUT2D eigenvalue weighted by Crippen LogP contribution is 2.31. The summed E-state index contributed by atoms with van der Waals surface area (Å²) < 4.78 is 5.40. The number of benzene rings is 1. The first-order valence-corrected chi connectivity index (χ1v) is 6.36. The molecule has 0 aromatic heterocycles. The van der Waals surface area contributed by atoms with Crippen molar-refractivity contribution in [2.75, 3.05) is 6.61 Å². The van der Waals surface area contributed by atoms with Gasteiger partial charge in [0.05, 0.1) is 0 Å². The predicted molar refractivity (Wildman–Crippen MR) is 71.7 cm³/mol. The first-order chi connectivity index (χ1) is 8.45. The molecule has 1 rings (SSSR count). The standard InChI is InChI=1S/C15H22O3/c1-15(2,3)12-8-4-5-9-13(12)18-14(17)10-6-7-11-16/h4-5,8-9,16H,6-7,10-11H2,1-3H3. The lowest BCUT2D eigenvalue weighted by molar-refractivity contribution is -0.134. The normalized spacial score (nSPS) is 11.3. The van der Waals surface area contributed by atoms with Crippen LogP contribution in [0.2, 0.25) is 0 Å². The number of unbranched alkanes of at least 4 members (excludes halogenated alkanes) is 1. The SMILES string of the molecule is CC(C)(C)c1ccccc1OC(=O)CCCCO. The summed E-state index contributed by atoms with van der Waals surface area (Å²) in [7, 11) is 0. The van der Waals surface area contributed by atoms with E-state index in [1.165, 1.54) is 0 Å². The molecule has 0 fully saturated rings. The monoisotopic (exact) mass is 250 g/mol. The summed E-state index contributed by atoms with van der Waals surface area (Å²) in [5.74, 6) is 0.402. The molecule has 0 amide bonds. The fourth-order valence-electron chi connectivity index (χ4n) is 1.73. The second-order valence-electron chi connectivity index (χ2n) is 5.40. The zero-order valence-corrected chi connectivity index (χ0v) is 11.4. The van der Waals surface area contributed by atoms with Crippen LogP contribution in [0, 0.1) is 0 Å². The highest BCUT2D eigenvalue weighted by atomic mass is 16.5. The summed E-state index contributed by atoms with van der Waals surface area (Å²) in [6.07, 6.45) is 1.64. The minimum Gasteiger partial charge on any atom is -0.426 e. The molecule has 3 nitrogen and oxygen atoms in total. The lowest BCUT2D eigenvalue weighted by Crippen LogP contribution is -2.16. The van der Waals surface area contributed by atoms with Crippen LogP contribution in [0.15, 0.2) is 24.3 Å². The van der Waals surface area contributed by atoms with Crippen LogP contribution in [0.3, 0.4) is 0 Å². The van der Waals surface area contributed by atoms with E-state index in [2.05, 4.69) is 20.8 Å². The van der Waals surface area contributed by atoms with E-state index in [9.17, 15) is 4.79 Å². The van der Waals surface area contributed by atoms with Crippen molar-refractivity contribution in [1.82, 2.24) is 0 Å². The zero-order chi connectivity index (χ0) is 13.6. The third-order valence-corrected chi connectivity index (χ3v) is 2.71. The summed E-state index contributed by atoms with van der Waals surface area (Å²) in [5.41, 5.74) is 0.975. The number of hydrogen-bond acceptors (Lipinski definition) is 3. The molecule has 0 spiro atoms. The minimum atomic E-state index is -0.236. The van der Waals surface area contributed by atoms with Gasteiger partial charge in [0.15, 0.2) is 0 Å². The maximum Gasteiger partial charge on any atom is 0.311 e. The Balaban J connectivity index is 2.70. The third kappa shape index (κ3) is 4.49. The van der Waals surface area contributed by atoms with Crippen LogP contribution in [0.1, 0.15) is 45.6 Å². The summed E-state index contributed by atoms with van der Waals surface area (Å²) in [4.78, 5) is 11.7. The molecule has 0 radical (unpaired) electrons. The molecule has 0 aliphatic carbocycles. The molecule has 1 aromatic carbocycles. The molecule has 0 aliphatic rings. The summed E-state index contributed by atoms with van der Waals surface area (Å²) in [6, 6.07) is 7.62. The molecule has 0 unspecified atom stereocenters. The van der Waals surface area contributed by atoms with Crippen LogP contribution in [-0.4, -0.2) is 17.7 Å². The molecular formula is C15H22O3. The Labute approximate surface area is 109 Å². The number of hydrogen-bond donors (Lipinski definition) is 1. The average Bonchev–Trinajstić information content (AvgIpc) is 2.28. The molecule has 0 atom stereocenters. The van der Waals surface area contributed by atoms with Crippen molar-refractivity contribution in [2.24, 2.45) is 0 Å². The number of rotatable bonds is 5. The van der Waals surface area contributed by atoms with Crippen LogP contribution in [0.5, 0.6) is 5.75 Å². The molecule has 1 N–H and O–H groups in total. The third-order valence-electron chi connectivity index (χ3n) is 2.71. The first kappa shape index (κ1) is 14.7. The van der Waals surface area contributed by atoms with Crippen molar-refractivity contribution in [3.63, 3.8) is 0 Å². The van der Waals surface area contributed by atoms with Crippen LogP contribution >= 0.6 is 0 Å². The van der Waals surface area contributed by atoms with E-state index in [1.54, 1.807) is 0 Å². The van der Waals surface area contributed by atoms with E-state index in [0.717, 1.165) is 5.56 Å². The first-order valence-electron chi connectivity index (χ1n) is 6.36. The van der Waals surface area contributed by atoms with Gasteiger partial charge in [-0.25, -0.2) is 0 Å². The van der Waals surface area contributed by atoms with E-state index in [4.69, 9.17) is 9.84 Å². The molecule has 0 bridgehead atoms. The number of para-hydroxylation sites is 1. The van der Waals surface area contributed by atoms with Gasteiger partial charge in [0.2, 0.25) is 0 Å². The molecular weight excluding hydrogens is 228 g/mol. The van der Waals surface area contributed by atoms with Crippen molar-refractivity contribution >= 4 is 5.97 Å². The Morgan fingerprint density at radius 1 is 1.22 bits per heavy atom. The summed E-state index contributed by atoms with van der Waals surface area (Å²) in [5, 5.41) is 8.67. The van der Waals surface area contributed by atoms with Gasteiger partial charge in [0.25, 0.3) is 0 Å². The molecule has 18 heavy (non-hydrogen) atoms. The van der Waals surface area contributed by atoms with Gasteiger partial charge in [-0.3, -0.25) is 4.79 Å². The van der Waals surface area contributed by atoms with E-state index < -0.39 is 0 Å². The number of ether oxygens (including phenoxy) is 1. The van der Waals surface area contributed by atoms with Crippen LogP contribution < -0.4 is 4.74 Å². The quantitative estimate of drug-likeness (QED) is 0.496. The number of esters is 1. The maximum absolute atomic E-state index is 11.7. The fraction of sp³-hybridized carbons (Fsp3) is 0.533. The van der Waals surface area contributed by atoms with Crippen molar-refractivity contribution in [3.8, 4) is 5.75 Å². The van der Waals surface area contributed by atoms with Crippen LogP contribution in [-0.2, 0) is 10.2 Å². The topological polar surface area (TPSA) is 46.5 Å². The predicted octanol–water partition coefficient (Wildman–Crippen LogP) is 3.05. The van der Waals surface area contributed by atoms with Gasteiger partial charge in [-0.2, -0.15) is 0 Å². The van der Waals surface area contributed by atoms with E-state index in [1.807, 2.05) is 24.3 Å². The Kier molecular flexibility index (Phi) is 5.35. The van der Waals surface area contributed by atoms with Crippen molar-refractivity contribution < 1.29 is 14.6 Å². The lowest BCUT2D eigenvalue weighted by Gasteiger charge is -2.22. The molecule has 3 heteroatoms. The largest absolute Gasteiger partial charge is 0.426 e. The van der Waals surface area contributed by atoms with Crippen molar-refractivity contribution in [2.45, 2.75) is 45.4 Å². The van der Waals surface area contributed by atoms with E-state index >= 15 is 0 Å². The molecule has 0 saturated heterocycles. The highest BCUT2D eigenvalue weighted by Gasteiger charge is 2.19. The van der Waals surface area contributed by atoms with Crippen molar-refractivity contribution in [3.05, 3.63) is 29.8 Å². The molecule has 0 heterocycles. The Hall–Kier alpha value is -1.35. The average molecular weight is 250 g/mol. The second kappa shape index (κ2) is 6.55. The molecule has 0 saturated carbocycles. The Morgan fingerprint density at radius 2 is 1.89 bits per heavy atom. The molecule has 100 valence electrons. The smallest absolute Gasteiger partial charge is 0.311 e. The Morgan fingerprint density at radius 3 is 2.50 bits per heavy atom. The molecule has 1 aromatic rings. The number of aliphatic hydroxyl groups is 1. The van der Waals surface area contributed by atoms with Gasteiger partial charge < -0.3 is 9.84 Å². The molecule has 0 aliphatic heterocycles. The van der Waals surface area contributed by atoms with Gasteiger partial charge in [0, 0.05) is 18.6 Å².